The van der Waals surface area contributed by atoms with Crippen molar-refractivity contribution < 1.29 is 27.9 Å². The highest BCUT2D eigenvalue weighted by atomic mass is 32.2. The average molecular weight is 466 g/mol. The zero-order chi connectivity index (χ0) is 21.9. The summed E-state index contributed by atoms with van der Waals surface area (Å²) in [5.41, 5.74) is 3.23. The van der Waals surface area contributed by atoms with Crippen LogP contribution >= 0.6 is 11.3 Å². The third-order valence-electron chi connectivity index (χ3n) is 5.91. The van der Waals surface area contributed by atoms with E-state index >= 15 is 0 Å². The minimum Gasteiger partial charge on any atom is -0.508 e. The first-order valence-electron chi connectivity index (χ1n) is 10.6. The molecule has 2 aliphatic rings. The molecule has 7 nitrogen and oxygen atoms in total. The molecular weight excluding hydrogens is 438 g/mol. The minimum atomic E-state index is -3.54. The van der Waals surface area contributed by atoms with Crippen molar-refractivity contribution in [3.63, 3.8) is 0 Å². The molecule has 0 radical (unpaired) electrons. The van der Waals surface area contributed by atoms with Crippen LogP contribution in [-0.4, -0.2) is 38.1 Å². The highest BCUT2D eigenvalue weighted by molar-refractivity contribution is 7.92. The Morgan fingerprint density at radius 2 is 2.10 bits per heavy atom. The summed E-state index contributed by atoms with van der Waals surface area (Å²) in [7, 11) is -3.54. The molecule has 0 bridgehead atoms. The molecule has 168 valence electrons. The summed E-state index contributed by atoms with van der Waals surface area (Å²) in [6.45, 7) is 0.589. The Morgan fingerprint density at radius 1 is 1.23 bits per heavy atom. The van der Waals surface area contributed by atoms with E-state index in [0.717, 1.165) is 29.7 Å². The van der Waals surface area contributed by atoms with Gasteiger partial charge in [0.1, 0.15) is 10.5 Å². The number of hydrogen-bond donors (Lipinski definition) is 2. The SMILES string of the molecule is O=C(C[C@]1(c2ccc(-c3cccc(O)c3)s2)CCCCS1(=O)=O)NOC1CCCCO1. The number of rotatable bonds is 6. The van der Waals surface area contributed by atoms with Gasteiger partial charge in [-0.1, -0.05) is 18.6 Å². The summed E-state index contributed by atoms with van der Waals surface area (Å²) in [4.78, 5) is 19.6. The first-order chi connectivity index (χ1) is 14.9. The molecule has 3 heterocycles. The van der Waals surface area contributed by atoms with E-state index in [2.05, 4.69) is 5.48 Å². The number of carbonyl (C=O) groups is 1. The third-order valence-corrected chi connectivity index (χ3v) is 9.97. The van der Waals surface area contributed by atoms with Gasteiger partial charge in [-0.3, -0.25) is 4.79 Å². The third kappa shape index (κ3) is 4.79. The van der Waals surface area contributed by atoms with E-state index in [9.17, 15) is 18.3 Å². The van der Waals surface area contributed by atoms with E-state index in [1.165, 1.54) is 11.3 Å². The lowest BCUT2D eigenvalue weighted by molar-refractivity contribution is -0.200. The molecule has 4 rings (SSSR count). The van der Waals surface area contributed by atoms with Crippen molar-refractivity contribution in [2.45, 2.75) is 56.0 Å². The van der Waals surface area contributed by atoms with Gasteiger partial charge < -0.3 is 9.84 Å². The summed E-state index contributed by atoms with van der Waals surface area (Å²) in [6.07, 6.45) is 3.67. The van der Waals surface area contributed by atoms with Crippen molar-refractivity contribution in [2.75, 3.05) is 12.4 Å². The zero-order valence-corrected chi connectivity index (χ0v) is 18.8. The number of hydroxylamine groups is 1. The second-order valence-electron chi connectivity index (χ2n) is 8.10. The molecule has 0 saturated carbocycles. The van der Waals surface area contributed by atoms with Gasteiger partial charge >= 0.3 is 0 Å². The van der Waals surface area contributed by atoms with E-state index in [-0.39, 0.29) is 17.9 Å². The van der Waals surface area contributed by atoms with Crippen molar-refractivity contribution in [1.29, 1.82) is 0 Å². The largest absolute Gasteiger partial charge is 0.508 e. The number of phenolic OH excluding ortho intramolecular Hbond substituents is 1. The molecule has 1 unspecified atom stereocenters. The zero-order valence-electron chi connectivity index (χ0n) is 17.2. The second kappa shape index (κ2) is 9.28. The number of thiophene rings is 1. The lowest BCUT2D eigenvalue weighted by Gasteiger charge is -2.35. The molecule has 1 amide bonds. The number of amides is 1. The van der Waals surface area contributed by atoms with Crippen LogP contribution in [0.5, 0.6) is 5.75 Å². The maximum atomic E-state index is 13.3. The summed E-state index contributed by atoms with van der Waals surface area (Å²) in [6, 6.07) is 10.5. The fourth-order valence-electron chi connectivity index (χ4n) is 4.24. The van der Waals surface area contributed by atoms with Crippen molar-refractivity contribution in [2.24, 2.45) is 0 Å². The van der Waals surface area contributed by atoms with E-state index in [0.29, 0.717) is 30.7 Å². The molecule has 9 heteroatoms. The Kier molecular flexibility index (Phi) is 6.66. The number of sulfone groups is 1. The first-order valence-corrected chi connectivity index (χ1v) is 13.0. The van der Waals surface area contributed by atoms with Gasteiger partial charge in [0, 0.05) is 22.8 Å². The molecular formula is C22H27NO6S2. The summed E-state index contributed by atoms with van der Waals surface area (Å²) < 4.78 is 30.7. The summed E-state index contributed by atoms with van der Waals surface area (Å²) >= 11 is 1.35. The molecule has 2 atom stereocenters. The Balaban J connectivity index is 1.58. The summed E-state index contributed by atoms with van der Waals surface area (Å²) in [5, 5.41) is 9.78. The van der Waals surface area contributed by atoms with Crippen LogP contribution in [0.3, 0.4) is 0 Å². The molecule has 2 aliphatic heterocycles. The van der Waals surface area contributed by atoms with Crippen LogP contribution in [0, 0.1) is 0 Å². The number of phenols is 1. The topological polar surface area (TPSA) is 102 Å². The maximum absolute atomic E-state index is 13.3. The Labute approximate surface area is 186 Å². The lowest BCUT2D eigenvalue weighted by Crippen LogP contribution is -2.45. The van der Waals surface area contributed by atoms with Crippen LogP contribution in [0.4, 0.5) is 0 Å². The van der Waals surface area contributed by atoms with E-state index in [1.807, 2.05) is 12.1 Å². The second-order valence-corrected chi connectivity index (χ2v) is 11.6. The molecule has 2 fully saturated rings. The van der Waals surface area contributed by atoms with Gasteiger partial charge in [-0.15, -0.1) is 11.3 Å². The molecule has 2 N–H and O–H groups in total. The normalized spacial score (nSPS) is 25.7. The van der Waals surface area contributed by atoms with Crippen molar-refractivity contribution in [3.05, 3.63) is 41.3 Å². The molecule has 31 heavy (non-hydrogen) atoms. The minimum absolute atomic E-state index is 0.0617. The van der Waals surface area contributed by atoms with Gasteiger partial charge in [-0.05, 0) is 55.5 Å². The number of nitrogens with one attached hydrogen (secondary N) is 1. The lowest BCUT2D eigenvalue weighted by atomic mass is 9.94. The highest BCUT2D eigenvalue weighted by Gasteiger charge is 2.49. The van der Waals surface area contributed by atoms with E-state index < -0.39 is 26.8 Å². The molecule has 1 aromatic carbocycles. The van der Waals surface area contributed by atoms with Crippen molar-refractivity contribution in [3.8, 4) is 16.2 Å². The maximum Gasteiger partial charge on any atom is 0.245 e. The number of benzene rings is 1. The summed E-state index contributed by atoms with van der Waals surface area (Å²) in [5.74, 6) is -0.257. The average Bonchev–Trinajstić information content (AvgIpc) is 3.25. The van der Waals surface area contributed by atoms with Crippen LogP contribution in [0.2, 0.25) is 0 Å². The highest BCUT2D eigenvalue weighted by Crippen LogP contribution is 2.47. The fraction of sp³-hybridized carbons (Fsp3) is 0.500. The van der Waals surface area contributed by atoms with Crippen molar-refractivity contribution >= 4 is 27.1 Å². The molecule has 2 aromatic rings. The van der Waals surface area contributed by atoms with Crippen LogP contribution in [0.1, 0.15) is 49.8 Å². The van der Waals surface area contributed by atoms with Gasteiger partial charge in [0.2, 0.25) is 5.91 Å². The van der Waals surface area contributed by atoms with Gasteiger partial charge in [0.05, 0.1) is 12.2 Å². The van der Waals surface area contributed by atoms with Gasteiger partial charge in [0.25, 0.3) is 0 Å². The predicted octanol–water partition coefficient (Wildman–Crippen LogP) is 3.88. The number of carbonyl (C=O) groups excluding carboxylic acids is 1. The fourth-order valence-corrected chi connectivity index (χ4v) is 8.02. The van der Waals surface area contributed by atoms with E-state index in [1.54, 1.807) is 24.3 Å². The Hall–Kier alpha value is -1.94. The molecule has 0 aliphatic carbocycles. The smallest absolute Gasteiger partial charge is 0.245 e. The van der Waals surface area contributed by atoms with Gasteiger partial charge in [0.15, 0.2) is 16.1 Å². The van der Waals surface area contributed by atoms with Crippen LogP contribution in [-0.2, 0) is 29.0 Å². The van der Waals surface area contributed by atoms with Gasteiger partial charge in [-0.2, -0.15) is 0 Å². The van der Waals surface area contributed by atoms with Crippen LogP contribution in [0.25, 0.3) is 10.4 Å². The monoisotopic (exact) mass is 465 g/mol. The first kappa shape index (κ1) is 22.3. The van der Waals surface area contributed by atoms with Crippen LogP contribution in [0.15, 0.2) is 36.4 Å². The van der Waals surface area contributed by atoms with E-state index in [4.69, 9.17) is 9.57 Å². The Bertz CT molecular complexity index is 1030. The Morgan fingerprint density at radius 3 is 2.84 bits per heavy atom. The number of hydrogen-bond acceptors (Lipinski definition) is 7. The predicted molar refractivity (Wildman–Crippen MR) is 118 cm³/mol. The van der Waals surface area contributed by atoms with Gasteiger partial charge in [-0.25, -0.2) is 18.7 Å². The molecule has 1 aromatic heterocycles. The standard InChI is InChI=1S/C22H27NO6S2/c24-17-7-5-6-16(14-17)18-9-10-19(30-18)22(11-2-4-13-31(22,26)27)15-20(25)23-29-21-8-1-3-12-28-21/h5-7,9-10,14,21,24H,1-4,8,11-13,15H2,(H,23,25)/t21?,22-/m0/s1. The number of aromatic hydroxyl groups is 1. The quantitative estimate of drug-likeness (QED) is 0.628. The molecule has 0 spiro atoms. The van der Waals surface area contributed by atoms with Crippen LogP contribution < -0.4 is 5.48 Å². The number of ether oxygens (including phenoxy) is 1. The molecule has 2 saturated heterocycles. The van der Waals surface area contributed by atoms with Crippen molar-refractivity contribution in [1.82, 2.24) is 5.48 Å².